The Hall–Kier alpha value is -2.08. The van der Waals surface area contributed by atoms with Gasteiger partial charge in [-0.25, -0.2) is 9.37 Å². The van der Waals surface area contributed by atoms with Crippen LogP contribution in [-0.2, 0) is 0 Å². The lowest BCUT2D eigenvalue weighted by Gasteiger charge is -2.18. The number of aryl methyl sites for hydroxylation is 1. The SMILES string of the molecule is Cc1nnc(C(C)c2ccc(F)cc2)c(N[C@@H]2CCNC2)n1. The van der Waals surface area contributed by atoms with E-state index in [1.165, 1.54) is 12.1 Å². The minimum Gasteiger partial charge on any atom is -0.364 e. The number of hydrogen-bond donors (Lipinski definition) is 2. The normalized spacial score (nSPS) is 19.1. The maximum Gasteiger partial charge on any atom is 0.152 e. The van der Waals surface area contributed by atoms with Crippen LogP contribution in [0.25, 0.3) is 0 Å². The highest BCUT2D eigenvalue weighted by Gasteiger charge is 2.21. The number of hydrogen-bond acceptors (Lipinski definition) is 5. The molecule has 22 heavy (non-hydrogen) atoms. The summed E-state index contributed by atoms with van der Waals surface area (Å²) in [5.74, 6) is 1.18. The lowest BCUT2D eigenvalue weighted by atomic mass is 9.97. The zero-order valence-electron chi connectivity index (χ0n) is 12.8. The van der Waals surface area contributed by atoms with E-state index >= 15 is 0 Å². The van der Waals surface area contributed by atoms with E-state index in [-0.39, 0.29) is 11.7 Å². The first-order chi connectivity index (χ1) is 10.6. The van der Waals surface area contributed by atoms with Crippen LogP contribution in [0.1, 0.15) is 36.3 Å². The Balaban J connectivity index is 1.89. The Bertz CT molecular complexity index is 637. The van der Waals surface area contributed by atoms with Gasteiger partial charge in [0.1, 0.15) is 17.3 Å². The summed E-state index contributed by atoms with van der Waals surface area (Å²) in [6.45, 7) is 5.80. The summed E-state index contributed by atoms with van der Waals surface area (Å²) in [4.78, 5) is 4.51. The van der Waals surface area contributed by atoms with E-state index in [1.54, 1.807) is 12.1 Å². The van der Waals surface area contributed by atoms with Crippen LogP contribution in [0, 0.1) is 12.7 Å². The summed E-state index contributed by atoms with van der Waals surface area (Å²) in [6.07, 6.45) is 1.06. The van der Waals surface area contributed by atoms with Gasteiger partial charge in [-0.2, -0.15) is 0 Å². The second kappa shape index (κ2) is 6.36. The van der Waals surface area contributed by atoms with Crippen molar-refractivity contribution in [2.24, 2.45) is 0 Å². The van der Waals surface area contributed by atoms with E-state index in [4.69, 9.17) is 0 Å². The van der Waals surface area contributed by atoms with Gasteiger partial charge >= 0.3 is 0 Å². The molecule has 2 atom stereocenters. The highest BCUT2D eigenvalue weighted by atomic mass is 19.1. The van der Waals surface area contributed by atoms with Crippen LogP contribution in [0.2, 0.25) is 0 Å². The molecule has 0 radical (unpaired) electrons. The molecule has 2 aromatic rings. The molecule has 0 spiro atoms. The molecule has 116 valence electrons. The molecule has 6 heteroatoms. The summed E-state index contributed by atoms with van der Waals surface area (Å²) in [5.41, 5.74) is 1.79. The molecule has 1 saturated heterocycles. The summed E-state index contributed by atoms with van der Waals surface area (Å²) in [5, 5.41) is 15.2. The average Bonchev–Trinajstić information content (AvgIpc) is 3.00. The lowest BCUT2D eigenvalue weighted by molar-refractivity contribution is 0.626. The first-order valence-corrected chi connectivity index (χ1v) is 7.57. The molecule has 1 fully saturated rings. The van der Waals surface area contributed by atoms with E-state index in [2.05, 4.69) is 25.8 Å². The van der Waals surface area contributed by atoms with E-state index in [9.17, 15) is 4.39 Å². The Kier molecular flexibility index (Phi) is 4.29. The zero-order valence-corrected chi connectivity index (χ0v) is 12.8. The molecule has 1 aromatic carbocycles. The average molecular weight is 301 g/mol. The Labute approximate surface area is 129 Å². The predicted octanol–water partition coefficient (Wildman–Crippen LogP) is 2.24. The van der Waals surface area contributed by atoms with Crippen LogP contribution in [0.15, 0.2) is 24.3 Å². The number of halogens is 1. The van der Waals surface area contributed by atoms with E-state index in [1.807, 2.05) is 13.8 Å². The molecule has 5 nitrogen and oxygen atoms in total. The third-order valence-corrected chi connectivity index (χ3v) is 4.00. The van der Waals surface area contributed by atoms with Gasteiger partial charge in [-0.1, -0.05) is 19.1 Å². The molecule has 1 aliphatic heterocycles. The summed E-state index contributed by atoms with van der Waals surface area (Å²) in [6, 6.07) is 6.85. The quantitative estimate of drug-likeness (QED) is 0.907. The fourth-order valence-corrected chi connectivity index (χ4v) is 2.69. The van der Waals surface area contributed by atoms with Crippen molar-refractivity contribution in [3.63, 3.8) is 0 Å². The number of nitrogens with one attached hydrogen (secondary N) is 2. The molecule has 0 bridgehead atoms. The topological polar surface area (TPSA) is 62.7 Å². The van der Waals surface area contributed by atoms with Gasteiger partial charge < -0.3 is 10.6 Å². The van der Waals surface area contributed by atoms with Crippen molar-refractivity contribution in [2.45, 2.75) is 32.2 Å². The van der Waals surface area contributed by atoms with Crippen molar-refractivity contribution in [3.05, 3.63) is 47.2 Å². The first kappa shape index (κ1) is 14.8. The minimum atomic E-state index is -0.237. The molecule has 3 rings (SSSR count). The van der Waals surface area contributed by atoms with Crippen LogP contribution in [0.5, 0.6) is 0 Å². The summed E-state index contributed by atoms with van der Waals surface area (Å²) < 4.78 is 13.1. The van der Waals surface area contributed by atoms with Crippen molar-refractivity contribution >= 4 is 5.82 Å². The molecule has 0 saturated carbocycles. The zero-order chi connectivity index (χ0) is 15.5. The third-order valence-electron chi connectivity index (χ3n) is 4.00. The number of nitrogens with zero attached hydrogens (tertiary/aromatic N) is 3. The molecule has 1 unspecified atom stereocenters. The summed E-state index contributed by atoms with van der Waals surface area (Å²) >= 11 is 0. The Morgan fingerprint density at radius 3 is 2.73 bits per heavy atom. The van der Waals surface area contributed by atoms with Crippen LogP contribution in [0.3, 0.4) is 0 Å². The second-order valence-corrected chi connectivity index (χ2v) is 5.70. The Morgan fingerprint density at radius 1 is 1.27 bits per heavy atom. The van der Waals surface area contributed by atoms with Gasteiger partial charge in [0.2, 0.25) is 0 Å². The second-order valence-electron chi connectivity index (χ2n) is 5.70. The van der Waals surface area contributed by atoms with Gasteiger partial charge in [0.15, 0.2) is 5.82 Å². The molecule has 0 amide bonds. The minimum absolute atomic E-state index is 0.00179. The third kappa shape index (κ3) is 3.22. The van der Waals surface area contributed by atoms with Gasteiger partial charge in [0.25, 0.3) is 0 Å². The summed E-state index contributed by atoms with van der Waals surface area (Å²) in [7, 11) is 0. The number of aromatic nitrogens is 3. The fraction of sp³-hybridized carbons (Fsp3) is 0.438. The van der Waals surface area contributed by atoms with Crippen LogP contribution >= 0.6 is 0 Å². The maximum atomic E-state index is 13.1. The van der Waals surface area contributed by atoms with Crippen LogP contribution in [0.4, 0.5) is 10.2 Å². The van der Waals surface area contributed by atoms with Crippen molar-refractivity contribution in [1.82, 2.24) is 20.5 Å². The van der Waals surface area contributed by atoms with E-state index in [0.717, 1.165) is 36.6 Å². The van der Waals surface area contributed by atoms with E-state index < -0.39 is 0 Å². The first-order valence-electron chi connectivity index (χ1n) is 7.57. The van der Waals surface area contributed by atoms with Gasteiger partial charge in [-0.15, -0.1) is 10.2 Å². The van der Waals surface area contributed by atoms with Crippen molar-refractivity contribution in [2.75, 3.05) is 18.4 Å². The van der Waals surface area contributed by atoms with Crippen LogP contribution < -0.4 is 10.6 Å². The molecule has 0 aliphatic carbocycles. The number of anilines is 1. The lowest BCUT2D eigenvalue weighted by Crippen LogP contribution is -2.24. The van der Waals surface area contributed by atoms with Gasteiger partial charge in [-0.05, 0) is 37.6 Å². The van der Waals surface area contributed by atoms with Crippen molar-refractivity contribution in [3.8, 4) is 0 Å². The Morgan fingerprint density at radius 2 is 2.05 bits per heavy atom. The largest absolute Gasteiger partial charge is 0.364 e. The molecule has 1 aliphatic rings. The van der Waals surface area contributed by atoms with Crippen molar-refractivity contribution in [1.29, 1.82) is 0 Å². The molecule has 2 heterocycles. The highest BCUT2D eigenvalue weighted by Crippen LogP contribution is 2.27. The number of benzene rings is 1. The van der Waals surface area contributed by atoms with Crippen LogP contribution in [-0.4, -0.2) is 34.3 Å². The number of rotatable bonds is 4. The van der Waals surface area contributed by atoms with Gasteiger partial charge in [0, 0.05) is 18.5 Å². The van der Waals surface area contributed by atoms with Crippen molar-refractivity contribution < 1.29 is 4.39 Å². The fourth-order valence-electron chi connectivity index (χ4n) is 2.69. The highest BCUT2D eigenvalue weighted by molar-refractivity contribution is 5.46. The monoisotopic (exact) mass is 301 g/mol. The predicted molar refractivity (Wildman–Crippen MR) is 83.4 cm³/mol. The molecule has 1 aromatic heterocycles. The maximum absolute atomic E-state index is 13.1. The standard InChI is InChI=1S/C16H20FN5/c1-10(12-3-5-13(17)6-4-12)15-16(19-11(2)21-22-15)20-14-7-8-18-9-14/h3-6,10,14,18H,7-9H2,1-2H3,(H,19,20,21)/t10?,14-/m1/s1. The van der Waals surface area contributed by atoms with E-state index in [0.29, 0.717) is 11.9 Å². The smallest absolute Gasteiger partial charge is 0.152 e. The van der Waals surface area contributed by atoms with Gasteiger partial charge in [0.05, 0.1) is 0 Å². The molecular formula is C16H20FN5. The molecule has 2 N–H and O–H groups in total. The van der Waals surface area contributed by atoms with Gasteiger partial charge in [-0.3, -0.25) is 0 Å². The molecular weight excluding hydrogens is 281 g/mol.